The molecule has 0 saturated heterocycles. The maximum absolute atomic E-state index is 11.7. The first-order chi connectivity index (χ1) is 6.75. The van der Waals surface area contributed by atoms with Crippen LogP contribution in [0.15, 0.2) is 5.51 Å². The Balaban J connectivity index is 2.32. The molecule has 0 fully saturated rings. The summed E-state index contributed by atoms with van der Waals surface area (Å²) >= 11 is 1.46. The maximum atomic E-state index is 11.7. The van der Waals surface area contributed by atoms with Gasteiger partial charge in [-0.25, -0.2) is 4.98 Å². The van der Waals surface area contributed by atoms with Crippen LogP contribution in [0.25, 0.3) is 0 Å². The van der Waals surface area contributed by atoms with Gasteiger partial charge in [-0.05, 0) is 13.3 Å². The predicted octanol–water partition coefficient (Wildman–Crippen LogP) is 3.60. The van der Waals surface area contributed by atoms with Gasteiger partial charge in [0.25, 0.3) is 0 Å². The fourth-order valence-corrected chi connectivity index (χ4v) is 2.17. The van der Waals surface area contributed by atoms with Crippen LogP contribution in [0, 0.1) is 6.92 Å². The number of hydrogen-bond donors (Lipinski definition) is 0. The zero-order valence-electron chi connectivity index (χ0n) is 8.88. The number of unbranched alkanes of at least 4 members (excludes halogenated alkanes) is 3. The molecule has 0 aliphatic rings. The van der Waals surface area contributed by atoms with E-state index in [-0.39, 0.29) is 5.78 Å². The van der Waals surface area contributed by atoms with Gasteiger partial charge in [0.15, 0.2) is 5.78 Å². The molecule has 0 unspecified atom stereocenters. The van der Waals surface area contributed by atoms with Crippen LogP contribution in [0.2, 0.25) is 0 Å². The molecular weight excluding hydrogens is 194 g/mol. The van der Waals surface area contributed by atoms with E-state index in [1.54, 1.807) is 5.51 Å². The Kier molecular flexibility index (Phi) is 4.80. The van der Waals surface area contributed by atoms with E-state index in [4.69, 9.17) is 0 Å². The highest BCUT2D eigenvalue weighted by atomic mass is 32.1. The zero-order valence-corrected chi connectivity index (χ0v) is 9.69. The van der Waals surface area contributed by atoms with E-state index >= 15 is 0 Å². The molecule has 1 aromatic heterocycles. The normalized spacial score (nSPS) is 10.4. The van der Waals surface area contributed by atoms with Crippen LogP contribution in [0.4, 0.5) is 0 Å². The number of Topliss-reactive ketones (excluding diaryl/α,β-unsaturated/α-hetero) is 1. The molecule has 1 heterocycles. The van der Waals surface area contributed by atoms with Gasteiger partial charge in [0, 0.05) is 6.42 Å². The van der Waals surface area contributed by atoms with Crippen LogP contribution in [0.5, 0.6) is 0 Å². The lowest BCUT2D eigenvalue weighted by Crippen LogP contribution is -1.98. The van der Waals surface area contributed by atoms with E-state index in [1.807, 2.05) is 6.92 Å². The predicted molar refractivity (Wildman–Crippen MR) is 59.9 cm³/mol. The number of hydrogen-bond acceptors (Lipinski definition) is 3. The average molecular weight is 211 g/mol. The minimum Gasteiger partial charge on any atom is -0.293 e. The molecule has 0 saturated carbocycles. The van der Waals surface area contributed by atoms with Crippen molar-refractivity contribution >= 4 is 17.1 Å². The van der Waals surface area contributed by atoms with Crippen LogP contribution in [-0.2, 0) is 0 Å². The van der Waals surface area contributed by atoms with Crippen molar-refractivity contribution < 1.29 is 4.79 Å². The van der Waals surface area contributed by atoms with Gasteiger partial charge in [0.05, 0.1) is 16.1 Å². The first-order valence-electron chi connectivity index (χ1n) is 5.19. The van der Waals surface area contributed by atoms with Crippen molar-refractivity contribution in [1.29, 1.82) is 0 Å². The zero-order chi connectivity index (χ0) is 10.4. The minimum absolute atomic E-state index is 0.265. The van der Waals surface area contributed by atoms with E-state index < -0.39 is 0 Å². The third kappa shape index (κ3) is 3.22. The monoisotopic (exact) mass is 211 g/mol. The van der Waals surface area contributed by atoms with Crippen LogP contribution in [-0.4, -0.2) is 10.8 Å². The molecule has 0 aromatic carbocycles. The summed E-state index contributed by atoms with van der Waals surface area (Å²) in [6.45, 7) is 4.07. The molecule has 3 heteroatoms. The van der Waals surface area contributed by atoms with Crippen molar-refractivity contribution in [3.05, 3.63) is 16.1 Å². The Labute approximate surface area is 89.4 Å². The molecule has 0 N–H and O–H groups in total. The van der Waals surface area contributed by atoms with Crippen molar-refractivity contribution in [3.63, 3.8) is 0 Å². The summed E-state index contributed by atoms with van der Waals surface area (Å²) in [6.07, 6.45) is 5.32. The summed E-state index contributed by atoms with van der Waals surface area (Å²) < 4.78 is 0. The van der Waals surface area contributed by atoms with Crippen LogP contribution >= 0.6 is 11.3 Å². The van der Waals surface area contributed by atoms with E-state index in [2.05, 4.69) is 11.9 Å². The molecule has 0 atom stereocenters. The lowest BCUT2D eigenvalue weighted by molar-refractivity contribution is 0.0982. The Hall–Kier alpha value is -0.700. The molecule has 2 nitrogen and oxygen atoms in total. The Morgan fingerprint density at radius 3 is 2.79 bits per heavy atom. The molecule has 14 heavy (non-hydrogen) atoms. The fourth-order valence-electron chi connectivity index (χ4n) is 1.40. The Bertz CT molecular complexity index is 293. The molecule has 0 amide bonds. The fraction of sp³-hybridized carbons (Fsp3) is 0.636. The largest absolute Gasteiger partial charge is 0.293 e. The summed E-state index contributed by atoms with van der Waals surface area (Å²) in [4.78, 5) is 16.6. The summed E-state index contributed by atoms with van der Waals surface area (Å²) in [5, 5.41) is 0. The number of carbonyl (C=O) groups excluding carboxylic acids is 1. The molecule has 0 radical (unpaired) electrons. The lowest BCUT2D eigenvalue weighted by Gasteiger charge is -1.98. The van der Waals surface area contributed by atoms with Crippen LogP contribution in [0.3, 0.4) is 0 Å². The number of aromatic nitrogens is 1. The van der Waals surface area contributed by atoms with Crippen molar-refractivity contribution in [1.82, 2.24) is 4.98 Å². The standard InChI is InChI=1S/C11H17NOS/c1-3-4-5-6-7-10(13)11-9(2)12-8-14-11/h8H,3-7H2,1-2H3. The third-order valence-corrected chi connectivity index (χ3v) is 3.23. The molecule has 0 aliphatic heterocycles. The second-order valence-corrected chi connectivity index (χ2v) is 4.36. The number of rotatable bonds is 6. The molecular formula is C11H17NOS. The van der Waals surface area contributed by atoms with Crippen molar-refractivity contribution in [2.75, 3.05) is 0 Å². The summed E-state index contributed by atoms with van der Waals surface area (Å²) in [5.74, 6) is 0.265. The second-order valence-electron chi connectivity index (χ2n) is 3.50. The number of ketones is 1. The maximum Gasteiger partial charge on any atom is 0.174 e. The number of thiazole rings is 1. The smallest absolute Gasteiger partial charge is 0.174 e. The van der Waals surface area contributed by atoms with Gasteiger partial charge >= 0.3 is 0 Å². The van der Waals surface area contributed by atoms with Crippen molar-refractivity contribution in [3.8, 4) is 0 Å². The summed E-state index contributed by atoms with van der Waals surface area (Å²) in [6, 6.07) is 0. The molecule has 0 aliphatic carbocycles. The van der Waals surface area contributed by atoms with Gasteiger partial charge in [0.2, 0.25) is 0 Å². The topological polar surface area (TPSA) is 30.0 Å². The first kappa shape index (κ1) is 11.4. The molecule has 1 aromatic rings. The Morgan fingerprint density at radius 1 is 1.43 bits per heavy atom. The SMILES string of the molecule is CCCCCCC(=O)c1scnc1C. The first-order valence-corrected chi connectivity index (χ1v) is 6.07. The summed E-state index contributed by atoms with van der Waals surface area (Å²) in [7, 11) is 0. The highest BCUT2D eigenvalue weighted by molar-refractivity contribution is 7.11. The van der Waals surface area contributed by atoms with Crippen LogP contribution in [0.1, 0.15) is 54.4 Å². The van der Waals surface area contributed by atoms with Gasteiger partial charge in [0.1, 0.15) is 0 Å². The summed E-state index contributed by atoms with van der Waals surface area (Å²) in [5.41, 5.74) is 2.63. The quantitative estimate of drug-likeness (QED) is 0.531. The average Bonchev–Trinajstić information content (AvgIpc) is 2.59. The van der Waals surface area contributed by atoms with Gasteiger partial charge in [-0.15, -0.1) is 11.3 Å². The van der Waals surface area contributed by atoms with Gasteiger partial charge in [-0.2, -0.15) is 0 Å². The van der Waals surface area contributed by atoms with E-state index in [1.165, 1.54) is 30.6 Å². The van der Waals surface area contributed by atoms with Crippen LogP contribution < -0.4 is 0 Å². The van der Waals surface area contributed by atoms with E-state index in [0.717, 1.165) is 17.0 Å². The highest BCUT2D eigenvalue weighted by Crippen LogP contribution is 2.16. The third-order valence-electron chi connectivity index (χ3n) is 2.26. The molecule has 1 rings (SSSR count). The molecule has 0 spiro atoms. The van der Waals surface area contributed by atoms with Crippen molar-refractivity contribution in [2.24, 2.45) is 0 Å². The van der Waals surface area contributed by atoms with Gasteiger partial charge in [-0.3, -0.25) is 4.79 Å². The minimum atomic E-state index is 0.265. The lowest BCUT2D eigenvalue weighted by atomic mass is 10.1. The van der Waals surface area contributed by atoms with Gasteiger partial charge < -0.3 is 0 Å². The number of nitrogens with zero attached hydrogens (tertiary/aromatic N) is 1. The molecule has 78 valence electrons. The van der Waals surface area contributed by atoms with E-state index in [9.17, 15) is 4.79 Å². The van der Waals surface area contributed by atoms with Gasteiger partial charge in [-0.1, -0.05) is 26.2 Å². The Morgan fingerprint density at radius 2 is 2.21 bits per heavy atom. The van der Waals surface area contributed by atoms with E-state index in [0.29, 0.717) is 6.42 Å². The highest BCUT2D eigenvalue weighted by Gasteiger charge is 2.10. The van der Waals surface area contributed by atoms with Crippen molar-refractivity contribution in [2.45, 2.75) is 46.0 Å². The number of carbonyl (C=O) groups is 1. The number of aryl methyl sites for hydroxylation is 1. The molecule has 0 bridgehead atoms. The second kappa shape index (κ2) is 5.91.